The van der Waals surface area contributed by atoms with Crippen molar-refractivity contribution >= 4 is 11.7 Å². The van der Waals surface area contributed by atoms with Crippen LogP contribution in [-0.4, -0.2) is 25.8 Å². The lowest BCUT2D eigenvalue weighted by molar-refractivity contribution is -0.140. The lowest BCUT2D eigenvalue weighted by Gasteiger charge is -2.27. The second-order valence-electron chi connectivity index (χ2n) is 6.74. The minimum absolute atomic E-state index is 0.126. The SMILES string of the molecule is CC(C)c1ccc(-c2nn3c(nc2=O)-c2ccccc2N[C@@H]3C(=O)O)cc1. The van der Waals surface area contributed by atoms with Crippen LogP contribution < -0.4 is 10.9 Å². The van der Waals surface area contributed by atoms with Crippen LogP contribution in [0.2, 0.25) is 0 Å². The molecule has 2 heterocycles. The van der Waals surface area contributed by atoms with Gasteiger partial charge in [-0.05, 0) is 23.6 Å². The summed E-state index contributed by atoms with van der Waals surface area (Å²) >= 11 is 0. The predicted molar refractivity (Wildman–Crippen MR) is 102 cm³/mol. The van der Waals surface area contributed by atoms with Crippen molar-refractivity contribution in [2.24, 2.45) is 0 Å². The molecule has 0 saturated heterocycles. The van der Waals surface area contributed by atoms with Gasteiger partial charge >= 0.3 is 5.97 Å². The van der Waals surface area contributed by atoms with E-state index in [9.17, 15) is 14.7 Å². The third kappa shape index (κ3) is 2.87. The van der Waals surface area contributed by atoms with Gasteiger partial charge in [-0.1, -0.05) is 50.2 Å². The highest BCUT2D eigenvalue weighted by Gasteiger charge is 2.31. The number of hydrogen-bond donors (Lipinski definition) is 2. The van der Waals surface area contributed by atoms with E-state index in [0.717, 1.165) is 5.56 Å². The molecule has 0 fully saturated rings. The van der Waals surface area contributed by atoms with Gasteiger partial charge in [-0.3, -0.25) is 4.79 Å². The zero-order chi connectivity index (χ0) is 19.1. The molecule has 0 aliphatic carbocycles. The molecule has 1 atom stereocenters. The second kappa shape index (κ2) is 6.35. The fraction of sp³-hybridized carbons (Fsp3) is 0.200. The molecule has 0 amide bonds. The molecule has 0 spiro atoms. The molecule has 0 saturated carbocycles. The lowest BCUT2D eigenvalue weighted by Crippen LogP contribution is -2.35. The first-order valence-corrected chi connectivity index (χ1v) is 8.65. The molecule has 1 aliphatic rings. The van der Waals surface area contributed by atoms with Gasteiger partial charge in [0, 0.05) is 16.8 Å². The van der Waals surface area contributed by atoms with Crippen molar-refractivity contribution in [2.75, 3.05) is 5.32 Å². The van der Waals surface area contributed by atoms with Gasteiger partial charge in [0.25, 0.3) is 5.56 Å². The summed E-state index contributed by atoms with van der Waals surface area (Å²) in [6, 6.07) is 14.6. The number of aliphatic carboxylic acids is 1. The number of aromatic nitrogens is 3. The van der Waals surface area contributed by atoms with Gasteiger partial charge in [0.2, 0.25) is 6.17 Å². The van der Waals surface area contributed by atoms with E-state index in [2.05, 4.69) is 29.2 Å². The Kier molecular flexibility index (Phi) is 3.99. The molecule has 1 aromatic heterocycles. The Hall–Kier alpha value is -3.48. The summed E-state index contributed by atoms with van der Waals surface area (Å²) in [5.74, 6) is -0.499. The number of para-hydroxylation sites is 1. The summed E-state index contributed by atoms with van der Waals surface area (Å²) in [6.45, 7) is 4.17. The Bertz CT molecular complexity index is 1090. The molecule has 4 rings (SSSR count). The van der Waals surface area contributed by atoms with Gasteiger partial charge in [0.05, 0.1) is 0 Å². The van der Waals surface area contributed by atoms with Crippen LogP contribution in [0.5, 0.6) is 0 Å². The van der Waals surface area contributed by atoms with Gasteiger partial charge in [-0.2, -0.15) is 10.1 Å². The zero-order valence-electron chi connectivity index (χ0n) is 14.9. The monoisotopic (exact) mass is 362 g/mol. The number of hydrogen-bond acceptors (Lipinski definition) is 5. The van der Waals surface area contributed by atoms with Crippen molar-refractivity contribution in [1.82, 2.24) is 14.8 Å². The van der Waals surface area contributed by atoms with Crippen LogP contribution in [0.4, 0.5) is 5.69 Å². The first-order chi connectivity index (χ1) is 13.0. The van der Waals surface area contributed by atoms with Crippen molar-refractivity contribution in [3.8, 4) is 22.6 Å². The third-order valence-corrected chi connectivity index (χ3v) is 4.62. The van der Waals surface area contributed by atoms with Gasteiger partial charge in [0.1, 0.15) is 0 Å². The maximum atomic E-state index is 12.6. The molecule has 7 nitrogen and oxygen atoms in total. The summed E-state index contributed by atoms with van der Waals surface area (Å²) in [4.78, 5) is 28.6. The molecule has 0 radical (unpaired) electrons. The Labute approximate surface area is 155 Å². The smallest absolute Gasteiger partial charge is 0.349 e. The quantitative estimate of drug-likeness (QED) is 0.743. The Morgan fingerprint density at radius 3 is 2.52 bits per heavy atom. The van der Waals surface area contributed by atoms with E-state index in [1.165, 1.54) is 4.68 Å². The van der Waals surface area contributed by atoms with Crippen molar-refractivity contribution < 1.29 is 9.90 Å². The zero-order valence-corrected chi connectivity index (χ0v) is 14.9. The summed E-state index contributed by atoms with van der Waals surface area (Å²) in [6.07, 6.45) is -1.14. The molecule has 136 valence electrons. The average Bonchev–Trinajstić information content (AvgIpc) is 2.67. The number of fused-ring (bicyclic) bond motifs is 3. The molecular formula is C20H18N4O3. The van der Waals surface area contributed by atoms with Crippen LogP contribution in [0.1, 0.15) is 31.5 Å². The van der Waals surface area contributed by atoms with E-state index in [-0.39, 0.29) is 11.5 Å². The first-order valence-electron chi connectivity index (χ1n) is 8.65. The van der Waals surface area contributed by atoms with E-state index in [1.54, 1.807) is 24.3 Å². The van der Waals surface area contributed by atoms with E-state index in [0.29, 0.717) is 22.7 Å². The Balaban J connectivity index is 1.90. The number of carboxylic acids is 1. The van der Waals surface area contributed by atoms with E-state index < -0.39 is 17.7 Å². The number of anilines is 1. The van der Waals surface area contributed by atoms with Crippen molar-refractivity contribution in [3.63, 3.8) is 0 Å². The lowest BCUT2D eigenvalue weighted by atomic mass is 10.0. The number of nitrogens with zero attached hydrogens (tertiary/aromatic N) is 3. The third-order valence-electron chi connectivity index (χ3n) is 4.62. The van der Waals surface area contributed by atoms with Crippen LogP contribution in [0.15, 0.2) is 53.3 Å². The van der Waals surface area contributed by atoms with Crippen LogP contribution >= 0.6 is 0 Å². The summed E-state index contributed by atoms with van der Waals surface area (Å²) in [7, 11) is 0. The molecule has 1 aliphatic heterocycles. The number of carboxylic acid groups (broad SMARTS) is 1. The minimum atomic E-state index is -1.14. The first kappa shape index (κ1) is 17.0. The van der Waals surface area contributed by atoms with Gasteiger partial charge in [-0.15, -0.1) is 0 Å². The number of benzene rings is 2. The Morgan fingerprint density at radius 2 is 1.85 bits per heavy atom. The molecule has 27 heavy (non-hydrogen) atoms. The normalized spacial score (nSPS) is 15.0. The topological polar surface area (TPSA) is 97.1 Å². The maximum absolute atomic E-state index is 12.6. The van der Waals surface area contributed by atoms with Crippen molar-refractivity contribution in [2.45, 2.75) is 25.9 Å². The summed E-state index contributed by atoms with van der Waals surface area (Å²) < 4.78 is 1.26. The van der Waals surface area contributed by atoms with Crippen molar-refractivity contribution in [1.29, 1.82) is 0 Å². The largest absolute Gasteiger partial charge is 0.478 e. The maximum Gasteiger partial charge on any atom is 0.349 e. The molecular weight excluding hydrogens is 344 g/mol. The van der Waals surface area contributed by atoms with E-state index in [1.807, 2.05) is 24.3 Å². The standard InChI is InChI=1S/C20H18N4O3/c1-11(2)12-7-9-13(10-8-12)16-19(25)22-17-14-5-3-4-6-15(14)21-18(20(26)27)24(17)23-16/h3-11,18,21H,1-2H3,(H,26,27)/t18-/m0/s1. The van der Waals surface area contributed by atoms with Gasteiger partial charge in [0.15, 0.2) is 11.5 Å². The van der Waals surface area contributed by atoms with Crippen LogP contribution in [-0.2, 0) is 4.79 Å². The number of carbonyl (C=O) groups is 1. The van der Waals surface area contributed by atoms with Gasteiger partial charge < -0.3 is 10.4 Å². The van der Waals surface area contributed by atoms with Crippen LogP contribution in [0.3, 0.4) is 0 Å². The second-order valence-corrected chi connectivity index (χ2v) is 6.74. The van der Waals surface area contributed by atoms with Crippen LogP contribution in [0, 0.1) is 0 Å². The fourth-order valence-corrected chi connectivity index (χ4v) is 3.15. The average molecular weight is 362 g/mol. The fourth-order valence-electron chi connectivity index (χ4n) is 3.15. The number of nitrogens with one attached hydrogen (secondary N) is 1. The highest BCUT2D eigenvalue weighted by molar-refractivity contribution is 5.84. The van der Waals surface area contributed by atoms with Crippen LogP contribution in [0.25, 0.3) is 22.6 Å². The van der Waals surface area contributed by atoms with Gasteiger partial charge in [-0.25, -0.2) is 9.48 Å². The molecule has 0 bridgehead atoms. The molecule has 2 aromatic carbocycles. The van der Waals surface area contributed by atoms with Crippen molar-refractivity contribution in [3.05, 3.63) is 64.4 Å². The highest BCUT2D eigenvalue weighted by atomic mass is 16.4. The minimum Gasteiger partial charge on any atom is -0.478 e. The van der Waals surface area contributed by atoms with E-state index >= 15 is 0 Å². The molecule has 0 unspecified atom stereocenters. The highest BCUT2D eigenvalue weighted by Crippen LogP contribution is 2.33. The molecule has 7 heteroatoms. The number of rotatable bonds is 3. The molecule has 3 aromatic rings. The summed E-state index contributed by atoms with van der Waals surface area (Å²) in [5.41, 5.74) is 2.63. The predicted octanol–water partition coefficient (Wildman–Crippen LogP) is 3.10. The molecule has 2 N–H and O–H groups in total. The van der Waals surface area contributed by atoms with E-state index in [4.69, 9.17) is 0 Å². The Morgan fingerprint density at radius 1 is 1.15 bits per heavy atom. The summed E-state index contributed by atoms with van der Waals surface area (Å²) in [5, 5.41) is 16.9.